The highest BCUT2D eigenvalue weighted by Crippen LogP contribution is 2.20. The Kier molecular flexibility index (Phi) is 7.69. The molecule has 0 rings (SSSR count). The maximum atomic E-state index is 12.2. The second kappa shape index (κ2) is 8.51. The molecule has 0 fully saturated rings. The van der Waals surface area contributed by atoms with E-state index in [0.717, 1.165) is 0 Å². The molecule has 0 saturated carbocycles. The summed E-state index contributed by atoms with van der Waals surface area (Å²) in [5, 5.41) is 2.45. The lowest BCUT2D eigenvalue weighted by atomic mass is 9.86. The molecule has 0 unspecified atom stereocenters. The monoisotopic (exact) mass is 345 g/mol. The summed E-state index contributed by atoms with van der Waals surface area (Å²) in [6, 6.07) is -1.00. The molecule has 24 heavy (non-hydrogen) atoms. The number of carbonyl (C=O) groups excluding carboxylic acids is 4. The van der Waals surface area contributed by atoms with Gasteiger partial charge < -0.3 is 14.8 Å². The van der Waals surface area contributed by atoms with E-state index in [1.165, 1.54) is 0 Å². The topological polar surface area (TPSA) is 123 Å². The van der Waals surface area contributed by atoms with Crippen LogP contribution in [0, 0.1) is 5.41 Å². The number of alkyl carbamates (subject to hydrolysis) is 1. The minimum absolute atomic E-state index is 0.0328. The third-order valence-electron chi connectivity index (χ3n) is 2.55. The highest BCUT2D eigenvalue weighted by Gasteiger charge is 2.34. The number of hydrogen-bond donors (Lipinski definition) is 3. The lowest BCUT2D eigenvalue weighted by Gasteiger charge is -2.31. The summed E-state index contributed by atoms with van der Waals surface area (Å²) >= 11 is 0. The fourth-order valence-electron chi connectivity index (χ4n) is 1.54. The average molecular weight is 345 g/mol. The first-order valence-corrected chi connectivity index (χ1v) is 7.54. The minimum atomic E-state index is -1.12. The lowest BCUT2D eigenvalue weighted by Crippen LogP contribution is -2.58. The molecule has 0 aromatic carbocycles. The number of hydrazine groups is 1. The van der Waals surface area contributed by atoms with Gasteiger partial charge in [-0.1, -0.05) is 20.8 Å². The van der Waals surface area contributed by atoms with Crippen LogP contribution in [0.1, 0.15) is 48.5 Å². The molecule has 1 atom stereocenters. The van der Waals surface area contributed by atoms with Crippen molar-refractivity contribution in [1.82, 2.24) is 16.2 Å². The van der Waals surface area contributed by atoms with E-state index in [1.54, 1.807) is 48.5 Å². The molecule has 138 valence electrons. The van der Waals surface area contributed by atoms with Crippen molar-refractivity contribution in [2.45, 2.75) is 60.1 Å². The van der Waals surface area contributed by atoms with Crippen molar-refractivity contribution in [1.29, 1.82) is 0 Å². The van der Waals surface area contributed by atoms with Crippen molar-refractivity contribution in [3.05, 3.63) is 0 Å². The van der Waals surface area contributed by atoms with Gasteiger partial charge in [0.2, 0.25) is 0 Å². The molecule has 0 bridgehead atoms. The fourth-order valence-corrected chi connectivity index (χ4v) is 1.54. The van der Waals surface area contributed by atoms with Crippen molar-refractivity contribution in [2.75, 3.05) is 6.61 Å². The van der Waals surface area contributed by atoms with Crippen LogP contribution in [0.2, 0.25) is 0 Å². The summed E-state index contributed by atoms with van der Waals surface area (Å²) in [6.07, 6.45) is -0.769. The highest BCUT2D eigenvalue weighted by atomic mass is 16.6. The first kappa shape index (κ1) is 21.7. The third kappa shape index (κ3) is 8.35. The number of hydrogen-bond acceptors (Lipinski definition) is 6. The van der Waals surface area contributed by atoms with Gasteiger partial charge in [0.25, 0.3) is 5.91 Å². The fraction of sp³-hybridized carbons (Fsp3) is 0.733. The summed E-state index contributed by atoms with van der Waals surface area (Å²) in [5.41, 5.74) is 2.63. The Labute approximate surface area is 141 Å². The zero-order chi connectivity index (χ0) is 19.1. The summed E-state index contributed by atoms with van der Waals surface area (Å²) in [6.45, 7) is 11.8. The molecular formula is C15H27N3O6. The van der Waals surface area contributed by atoms with Crippen LogP contribution in [0.25, 0.3) is 0 Å². The van der Waals surface area contributed by atoms with E-state index in [2.05, 4.69) is 15.5 Å². The van der Waals surface area contributed by atoms with Gasteiger partial charge in [0, 0.05) is 0 Å². The molecule has 0 aliphatic heterocycles. The standard InChI is InChI=1S/C15H27N3O6/c1-8-23-12(21)11(20)18-17-10(19)9(14(2,3)4)16-13(22)24-15(5,6)7/h9H,8H2,1-7H3,(H,16,22)(H,17,19)(H,18,20)/t9-/m1/s1. The molecule has 3 N–H and O–H groups in total. The first-order valence-electron chi connectivity index (χ1n) is 7.54. The van der Waals surface area contributed by atoms with Crippen molar-refractivity contribution in [2.24, 2.45) is 5.41 Å². The molecule has 9 heteroatoms. The minimum Gasteiger partial charge on any atom is -0.459 e. The second-order valence-corrected chi connectivity index (χ2v) is 7.11. The predicted molar refractivity (Wildman–Crippen MR) is 85.5 cm³/mol. The Balaban J connectivity index is 4.83. The number of carbonyl (C=O) groups is 4. The summed E-state index contributed by atoms with van der Waals surface area (Å²) in [7, 11) is 0. The van der Waals surface area contributed by atoms with E-state index < -0.39 is 40.9 Å². The predicted octanol–water partition coefficient (Wildman–Crippen LogP) is 0.636. The zero-order valence-corrected chi connectivity index (χ0v) is 15.2. The van der Waals surface area contributed by atoms with E-state index in [0.29, 0.717) is 0 Å². The Morgan fingerprint density at radius 3 is 1.92 bits per heavy atom. The Bertz CT molecular complexity index is 490. The molecule has 0 aliphatic carbocycles. The quantitative estimate of drug-likeness (QED) is 0.392. The van der Waals surface area contributed by atoms with Crippen LogP contribution >= 0.6 is 0 Å². The van der Waals surface area contributed by atoms with Gasteiger partial charge in [-0.15, -0.1) is 0 Å². The first-order chi connectivity index (χ1) is 10.8. The molecule has 0 aromatic rings. The number of nitrogens with one attached hydrogen (secondary N) is 3. The summed E-state index contributed by atoms with van der Waals surface area (Å²) in [5.74, 6) is -2.94. The van der Waals surface area contributed by atoms with E-state index in [1.807, 2.05) is 5.43 Å². The molecule has 0 aromatic heterocycles. The van der Waals surface area contributed by atoms with Gasteiger partial charge in [-0.2, -0.15) is 0 Å². The van der Waals surface area contributed by atoms with Gasteiger partial charge >= 0.3 is 18.0 Å². The molecule has 0 heterocycles. The second-order valence-electron chi connectivity index (χ2n) is 7.11. The van der Waals surface area contributed by atoms with Gasteiger partial charge in [-0.3, -0.25) is 20.4 Å². The van der Waals surface area contributed by atoms with Crippen LogP contribution in [0.4, 0.5) is 4.79 Å². The van der Waals surface area contributed by atoms with E-state index in [-0.39, 0.29) is 6.61 Å². The molecule has 0 spiro atoms. The van der Waals surface area contributed by atoms with Crippen LogP contribution in [0.3, 0.4) is 0 Å². The van der Waals surface area contributed by atoms with Crippen molar-refractivity contribution in [3.8, 4) is 0 Å². The number of rotatable bonds is 3. The molecule has 0 radical (unpaired) electrons. The summed E-state index contributed by atoms with van der Waals surface area (Å²) in [4.78, 5) is 46.7. The maximum Gasteiger partial charge on any atom is 0.408 e. The van der Waals surface area contributed by atoms with Crippen molar-refractivity contribution >= 4 is 23.9 Å². The lowest BCUT2D eigenvalue weighted by molar-refractivity contribution is -0.155. The summed E-state index contributed by atoms with van der Waals surface area (Å²) < 4.78 is 9.61. The van der Waals surface area contributed by atoms with Gasteiger partial charge in [0.1, 0.15) is 11.6 Å². The number of amides is 3. The molecule has 0 saturated heterocycles. The van der Waals surface area contributed by atoms with Gasteiger partial charge in [-0.05, 0) is 33.1 Å². The van der Waals surface area contributed by atoms with Crippen LogP contribution in [-0.2, 0) is 23.9 Å². The third-order valence-corrected chi connectivity index (χ3v) is 2.55. The van der Waals surface area contributed by atoms with E-state index >= 15 is 0 Å². The zero-order valence-electron chi connectivity index (χ0n) is 15.2. The van der Waals surface area contributed by atoms with Crippen molar-refractivity contribution in [3.63, 3.8) is 0 Å². The van der Waals surface area contributed by atoms with Crippen LogP contribution in [-0.4, -0.2) is 42.1 Å². The number of esters is 1. The van der Waals surface area contributed by atoms with Crippen LogP contribution in [0.15, 0.2) is 0 Å². The van der Waals surface area contributed by atoms with Gasteiger partial charge in [-0.25, -0.2) is 9.59 Å². The normalized spacial score (nSPS) is 12.6. The molecular weight excluding hydrogens is 318 g/mol. The average Bonchev–Trinajstić information content (AvgIpc) is 2.38. The molecule has 0 aliphatic rings. The number of ether oxygens (including phenoxy) is 2. The Hall–Kier alpha value is -2.32. The molecule has 9 nitrogen and oxygen atoms in total. The van der Waals surface area contributed by atoms with Crippen LogP contribution in [0.5, 0.6) is 0 Å². The van der Waals surface area contributed by atoms with Crippen molar-refractivity contribution < 1.29 is 28.7 Å². The van der Waals surface area contributed by atoms with Crippen LogP contribution < -0.4 is 16.2 Å². The smallest absolute Gasteiger partial charge is 0.408 e. The highest BCUT2D eigenvalue weighted by molar-refractivity contribution is 6.32. The maximum absolute atomic E-state index is 12.2. The SMILES string of the molecule is CCOC(=O)C(=O)NNC(=O)[C@@H](NC(=O)OC(C)(C)C)C(C)(C)C. The Morgan fingerprint density at radius 2 is 1.50 bits per heavy atom. The van der Waals surface area contributed by atoms with Gasteiger partial charge in [0.15, 0.2) is 0 Å². The Morgan fingerprint density at radius 1 is 0.958 bits per heavy atom. The van der Waals surface area contributed by atoms with E-state index in [9.17, 15) is 19.2 Å². The van der Waals surface area contributed by atoms with E-state index in [4.69, 9.17) is 4.74 Å². The molecule has 3 amide bonds. The largest absolute Gasteiger partial charge is 0.459 e. The van der Waals surface area contributed by atoms with Gasteiger partial charge in [0.05, 0.1) is 6.61 Å².